The molecule has 2 aromatic carbocycles. The number of carbonyl (C=O) groups excluding carboxylic acids is 1. The van der Waals surface area contributed by atoms with Crippen molar-refractivity contribution in [1.29, 1.82) is 0 Å². The lowest BCUT2D eigenvalue weighted by Gasteiger charge is -2.07. The second-order valence-electron chi connectivity index (χ2n) is 7.71. The number of imidazole rings is 1. The Hall–Kier alpha value is -3.78. The molecule has 3 aromatic heterocycles. The number of aromatic nitrogens is 4. The summed E-state index contributed by atoms with van der Waals surface area (Å²) in [6.07, 6.45) is 2.93. The summed E-state index contributed by atoms with van der Waals surface area (Å²) in [5, 5.41) is 4.24. The third kappa shape index (κ3) is 4.56. The Balaban J connectivity index is 1.26. The van der Waals surface area contributed by atoms with Crippen LogP contribution in [0.4, 0.5) is 5.82 Å². The first kappa shape index (κ1) is 21.1. The maximum atomic E-state index is 12.7. The van der Waals surface area contributed by atoms with E-state index in [2.05, 4.69) is 25.3 Å². The fourth-order valence-corrected chi connectivity index (χ4v) is 4.84. The van der Waals surface area contributed by atoms with Gasteiger partial charge >= 0.3 is 5.97 Å². The zero-order chi connectivity index (χ0) is 22.6. The number of hydrogen-bond acceptors (Lipinski definition) is 7. The molecule has 0 bridgehead atoms. The van der Waals surface area contributed by atoms with Crippen molar-refractivity contribution in [2.45, 2.75) is 19.8 Å². The fraction of sp³-hybridized carbons (Fsp3) is 0.200. The molecule has 0 amide bonds. The highest BCUT2D eigenvalue weighted by Gasteiger charge is 2.20. The number of para-hydroxylation sites is 2. The van der Waals surface area contributed by atoms with Crippen LogP contribution in [0.2, 0.25) is 0 Å². The third-order valence-electron chi connectivity index (χ3n) is 5.47. The van der Waals surface area contributed by atoms with Crippen molar-refractivity contribution in [3.05, 3.63) is 82.8 Å². The molecule has 2 N–H and O–H groups in total. The number of nitrogens with zero attached hydrogens (tertiary/aromatic N) is 3. The predicted molar refractivity (Wildman–Crippen MR) is 131 cm³/mol. The number of esters is 1. The molecule has 7 nitrogen and oxygen atoms in total. The van der Waals surface area contributed by atoms with Crippen molar-refractivity contribution < 1.29 is 9.53 Å². The van der Waals surface area contributed by atoms with Gasteiger partial charge in [-0.15, -0.1) is 11.3 Å². The van der Waals surface area contributed by atoms with E-state index >= 15 is 0 Å². The van der Waals surface area contributed by atoms with Gasteiger partial charge in [0.2, 0.25) is 0 Å². The summed E-state index contributed by atoms with van der Waals surface area (Å²) < 4.78 is 5.54. The minimum absolute atomic E-state index is 0.320. The van der Waals surface area contributed by atoms with E-state index in [-0.39, 0.29) is 5.97 Å². The van der Waals surface area contributed by atoms with E-state index in [1.54, 1.807) is 0 Å². The molecule has 166 valence electrons. The lowest BCUT2D eigenvalue weighted by Crippen LogP contribution is -2.09. The van der Waals surface area contributed by atoms with Gasteiger partial charge in [-0.2, -0.15) is 0 Å². The van der Waals surface area contributed by atoms with Crippen molar-refractivity contribution in [2.24, 2.45) is 0 Å². The molecule has 0 saturated carbocycles. The standard InChI is InChI=1S/C25H23N5O2S/c1-16-21-23(26-13-11-20-29-18-9-5-6-10-19(18)30-20)27-15-28-24(21)33-22(16)25(31)32-14-12-17-7-3-2-4-8-17/h2-10,15H,11-14H2,1H3,(H,29,30)(H,26,27,28). The van der Waals surface area contributed by atoms with E-state index in [0.29, 0.717) is 30.3 Å². The van der Waals surface area contributed by atoms with Crippen LogP contribution in [0.3, 0.4) is 0 Å². The monoisotopic (exact) mass is 457 g/mol. The summed E-state index contributed by atoms with van der Waals surface area (Å²) in [7, 11) is 0. The van der Waals surface area contributed by atoms with E-state index in [9.17, 15) is 4.79 Å². The zero-order valence-corrected chi connectivity index (χ0v) is 19.0. The Kier molecular flexibility index (Phi) is 5.99. The zero-order valence-electron chi connectivity index (χ0n) is 18.2. The lowest BCUT2D eigenvalue weighted by atomic mass is 10.2. The summed E-state index contributed by atoms with van der Waals surface area (Å²) in [4.78, 5) is 30.8. The van der Waals surface area contributed by atoms with E-state index in [4.69, 9.17) is 4.74 Å². The number of aryl methyl sites for hydroxylation is 1. The number of ether oxygens (including phenoxy) is 1. The Morgan fingerprint density at radius 2 is 1.88 bits per heavy atom. The lowest BCUT2D eigenvalue weighted by molar-refractivity contribution is 0.0514. The molecule has 0 aliphatic rings. The molecular weight excluding hydrogens is 434 g/mol. The number of benzene rings is 2. The highest BCUT2D eigenvalue weighted by Crippen LogP contribution is 2.33. The number of hydrogen-bond donors (Lipinski definition) is 2. The highest BCUT2D eigenvalue weighted by molar-refractivity contribution is 7.20. The molecular formula is C25H23N5O2S. The minimum atomic E-state index is -0.320. The topological polar surface area (TPSA) is 92.8 Å². The molecule has 0 atom stereocenters. The van der Waals surface area contributed by atoms with Crippen LogP contribution in [0.1, 0.15) is 26.6 Å². The van der Waals surface area contributed by atoms with Crippen molar-refractivity contribution in [3.8, 4) is 0 Å². The molecule has 33 heavy (non-hydrogen) atoms. The van der Waals surface area contributed by atoms with E-state index < -0.39 is 0 Å². The molecule has 5 aromatic rings. The van der Waals surface area contributed by atoms with Crippen molar-refractivity contribution in [3.63, 3.8) is 0 Å². The molecule has 0 aliphatic heterocycles. The second kappa shape index (κ2) is 9.38. The molecule has 8 heteroatoms. The number of anilines is 1. The van der Waals surface area contributed by atoms with Gasteiger partial charge in [-0.25, -0.2) is 19.7 Å². The Bertz CT molecular complexity index is 1380. The van der Waals surface area contributed by atoms with Crippen LogP contribution >= 0.6 is 11.3 Å². The number of carbonyl (C=O) groups is 1. The number of nitrogens with one attached hydrogen (secondary N) is 2. The van der Waals surface area contributed by atoms with Crippen molar-refractivity contribution in [2.75, 3.05) is 18.5 Å². The van der Waals surface area contributed by atoms with Gasteiger partial charge in [0, 0.05) is 19.4 Å². The summed E-state index contributed by atoms with van der Waals surface area (Å²) in [5.74, 6) is 1.31. The molecule has 0 radical (unpaired) electrons. The smallest absolute Gasteiger partial charge is 0.348 e. The van der Waals surface area contributed by atoms with Crippen LogP contribution in [0.25, 0.3) is 21.3 Å². The van der Waals surface area contributed by atoms with Gasteiger partial charge in [-0.05, 0) is 30.2 Å². The van der Waals surface area contributed by atoms with Gasteiger partial charge in [0.25, 0.3) is 0 Å². The van der Waals surface area contributed by atoms with Crippen LogP contribution in [-0.2, 0) is 17.6 Å². The average molecular weight is 458 g/mol. The van der Waals surface area contributed by atoms with Gasteiger partial charge in [-0.1, -0.05) is 42.5 Å². The van der Waals surface area contributed by atoms with Crippen LogP contribution in [0.5, 0.6) is 0 Å². The summed E-state index contributed by atoms with van der Waals surface area (Å²) in [6.45, 7) is 2.91. The predicted octanol–water partition coefficient (Wildman–Crippen LogP) is 4.93. The highest BCUT2D eigenvalue weighted by atomic mass is 32.1. The quantitative estimate of drug-likeness (QED) is 0.321. The summed E-state index contributed by atoms with van der Waals surface area (Å²) >= 11 is 1.34. The number of H-pyrrole nitrogens is 1. The molecule has 0 aliphatic carbocycles. The van der Waals surface area contributed by atoms with Gasteiger partial charge in [0.1, 0.15) is 27.7 Å². The van der Waals surface area contributed by atoms with Gasteiger partial charge in [0.05, 0.1) is 23.0 Å². The Labute approximate surface area is 194 Å². The number of aromatic amines is 1. The molecule has 3 heterocycles. The number of rotatable bonds is 8. The molecule has 5 rings (SSSR count). The first-order chi connectivity index (χ1) is 16.2. The van der Waals surface area contributed by atoms with Crippen LogP contribution in [-0.4, -0.2) is 39.1 Å². The Morgan fingerprint density at radius 1 is 1.06 bits per heavy atom. The van der Waals surface area contributed by atoms with Crippen molar-refractivity contribution >= 4 is 44.4 Å². The SMILES string of the molecule is Cc1c(C(=O)OCCc2ccccc2)sc2ncnc(NCCc3nc4ccccc4[nH]3)c12. The van der Waals surface area contributed by atoms with Gasteiger partial charge < -0.3 is 15.0 Å². The minimum Gasteiger partial charge on any atom is -0.461 e. The van der Waals surface area contributed by atoms with Crippen LogP contribution in [0.15, 0.2) is 60.9 Å². The first-order valence-electron chi connectivity index (χ1n) is 10.8. The van der Waals surface area contributed by atoms with Crippen molar-refractivity contribution in [1.82, 2.24) is 19.9 Å². The first-order valence-corrected chi connectivity index (χ1v) is 11.6. The maximum absolute atomic E-state index is 12.7. The van der Waals surface area contributed by atoms with Crippen LogP contribution in [0, 0.1) is 6.92 Å². The number of fused-ring (bicyclic) bond motifs is 2. The normalized spacial score (nSPS) is 11.2. The van der Waals surface area contributed by atoms with E-state index in [1.807, 2.05) is 61.5 Å². The summed E-state index contributed by atoms with van der Waals surface area (Å²) in [5.41, 5.74) is 3.97. The van der Waals surface area contributed by atoms with Gasteiger partial charge in [0.15, 0.2) is 0 Å². The average Bonchev–Trinajstić information content (AvgIpc) is 3.41. The molecule has 0 unspecified atom stereocenters. The second-order valence-corrected chi connectivity index (χ2v) is 8.71. The van der Waals surface area contributed by atoms with E-state index in [1.165, 1.54) is 17.7 Å². The molecule has 0 spiro atoms. The third-order valence-corrected chi connectivity index (χ3v) is 6.65. The summed E-state index contributed by atoms with van der Waals surface area (Å²) in [6, 6.07) is 18.0. The number of thiophene rings is 1. The molecule has 0 fully saturated rings. The maximum Gasteiger partial charge on any atom is 0.348 e. The molecule has 0 saturated heterocycles. The fourth-order valence-electron chi connectivity index (χ4n) is 3.80. The van der Waals surface area contributed by atoms with Crippen LogP contribution < -0.4 is 5.32 Å². The van der Waals surface area contributed by atoms with E-state index in [0.717, 1.165) is 44.6 Å². The van der Waals surface area contributed by atoms with Gasteiger partial charge in [-0.3, -0.25) is 0 Å². The largest absolute Gasteiger partial charge is 0.461 e. The Morgan fingerprint density at radius 3 is 2.73 bits per heavy atom.